The Morgan fingerprint density at radius 1 is 1.36 bits per heavy atom. The van der Waals surface area contributed by atoms with E-state index in [1.807, 2.05) is 0 Å². The van der Waals surface area contributed by atoms with Crippen molar-refractivity contribution in [2.45, 2.75) is 0 Å². The Morgan fingerprint density at radius 2 is 1.91 bits per heavy atom. The fourth-order valence-electron chi connectivity index (χ4n) is 0.911. The predicted molar refractivity (Wildman–Crippen MR) is 39.0 cm³/mol. The molecule has 1 rings (SSSR count). The summed E-state index contributed by atoms with van der Waals surface area (Å²) in [5.41, 5.74) is 0. The smallest absolute Gasteiger partial charge is 0.313 e. The Bertz CT molecular complexity index is 222. The Labute approximate surface area is 69.0 Å². The lowest BCUT2D eigenvalue weighted by molar-refractivity contribution is -0.147. The fraction of sp³-hybridized carbons (Fsp3) is 0.429. The molecule has 4 heteroatoms. The van der Waals surface area contributed by atoms with Crippen molar-refractivity contribution in [3.8, 4) is 0 Å². The highest BCUT2D eigenvalue weighted by Crippen LogP contribution is 2.28. The predicted octanol–water partition coefficient (Wildman–Crippen LogP) is 0.727. The van der Waals surface area contributed by atoms with Gasteiger partial charge in [0.2, 0.25) is 5.24 Å². The average Bonchev–Trinajstić information content (AvgIpc) is 1.83. The normalized spacial score (nSPS) is 27.5. The molecule has 11 heavy (non-hydrogen) atoms. The summed E-state index contributed by atoms with van der Waals surface area (Å²) >= 11 is 5.18. The summed E-state index contributed by atoms with van der Waals surface area (Å²) in [4.78, 5) is 21.4. The van der Waals surface area contributed by atoms with Crippen molar-refractivity contribution in [3.05, 3.63) is 12.2 Å². The monoisotopic (exact) mass is 174 g/mol. The molecule has 0 saturated heterocycles. The van der Waals surface area contributed by atoms with Gasteiger partial charge in [-0.15, -0.1) is 0 Å². The van der Waals surface area contributed by atoms with E-state index >= 15 is 0 Å². The topological polar surface area (TPSA) is 43.4 Å². The summed E-state index contributed by atoms with van der Waals surface area (Å²) in [6, 6.07) is 0. The Kier molecular flexibility index (Phi) is 2.29. The van der Waals surface area contributed by atoms with Crippen LogP contribution in [0.3, 0.4) is 0 Å². The summed E-state index contributed by atoms with van der Waals surface area (Å²) in [7, 11) is 1.28. The average molecular weight is 175 g/mol. The van der Waals surface area contributed by atoms with Crippen molar-refractivity contribution in [1.82, 2.24) is 0 Å². The van der Waals surface area contributed by atoms with Crippen molar-refractivity contribution in [2.75, 3.05) is 7.11 Å². The van der Waals surface area contributed by atoms with E-state index in [4.69, 9.17) is 11.6 Å². The molecule has 0 saturated carbocycles. The third-order valence-electron chi connectivity index (χ3n) is 1.65. The van der Waals surface area contributed by atoms with Gasteiger partial charge in [-0.2, -0.15) is 0 Å². The largest absolute Gasteiger partial charge is 0.469 e. The van der Waals surface area contributed by atoms with Crippen LogP contribution in [0.4, 0.5) is 0 Å². The molecule has 0 aromatic carbocycles. The minimum atomic E-state index is -0.511. The quantitative estimate of drug-likeness (QED) is 0.352. The van der Waals surface area contributed by atoms with Crippen LogP contribution in [-0.4, -0.2) is 18.3 Å². The van der Waals surface area contributed by atoms with E-state index in [-0.39, 0.29) is 0 Å². The molecule has 0 aromatic heterocycles. The molecule has 0 amide bonds. The maximum atomic E-state index is 10.8. The van der Waals surface area contributed by atoms with Gasteiger partial charge in [0, 0.05) is 0 Å². The first kappa shape index (κ1) is 8.27. The van der Waals surface area contributed by atoms with Gasteiger partial charge in [0.15, 0.2) is 0 Å². The van der Waals surface area contributed by atoms with Crippen LogP contribution in [0.2, 0.25) is 0 Å². The first-order chi connectivity index (χ1) is 5.16. The second-order valence-corrected chi connectivity index (χ2v) is 2.64. The number of rotatable bonds is 2. The lowest BCUT2D eigenvalue weighted by Gasteiger charge is -2.23. The van der Waals surface area contributed by atoms with E-state index in [9.17, 15) is 9.59 Å². The molecule has 0 radical (unpaired) electrons. The molecule has 0 N–H and O–H groups in total. The molecular weight excluding hydrogens is 168 g/mol. The molecule has 0 fully saturated rings. The second-order valence-electron chi connectivity index (χ2n) is 2.26. The summed E-state index contributed by atoms with van der Waals surface area (Å²) in [5.74, 6) is -1.36. The van der Waals surface area contributed by atoms with E-state index in [1.165, 1.54) is 7.11 Å². The van der Waals surface area contributed by atoms with Gasteiger partial charge in [0.25, 0.3) is 0 Å². The summed E-state index contributed by atoms with van der Waals surface area (Å²) in [6.07, 6.45) is 3.20. The molecule has 1 aliphatic rings. The number of hydrogen-bond acceptors (Lipinski definition) is 3. The van der Waals surface area contributed by atoms with E-state index in [0.717, 1.165) is 0 Å². The van der Waals surface area contributed by atoms with Crippen LogP contribution in [0, 0.1) is 11.8 Å². The van der Waals surface area contributed by atoms with Crippen LogP contribution in [0.25, 0.3) is 0 Å². The van der Waals surface area contributed by atoms with Gasteiger partial charge in [-0.3, -0.25) is 9.59 Å². The van der Waals surface area contributed by atoms with Gasteiger partial charge in [-0.25, -0.2) is 0 Å². The van der Waals surface area contributed by atoms with Crippen LogP contribution < -0.4 is 0 Å². The van der Waals surface area contributed by atoms with Crippen molar-refractivity contribution in [1.29, 1.82) is 0 Å². The molecule has 0 unspecified atom stereocenters. The Balaban J connectivity index is 2.59. The zero-order chi connectivity index (χ0) is 8.43. The number of esters is 1. The van der Waals surface area contributed by atoms with Crippen LogP contribution in [-0.2, 0) is 14.3 Å². The summed E-state index contributed by atoms with van der Waals surface area (Å²) in [5, 5.41) is -0.511. The minimum absolute atomic E-state index is 0.411. The summed E-state index contributed by atoms with van der Waals surface area (Å²) in [6.45, 7) is 0. The fourth-order valence-corrected chi connectivity index (χ4v) is 1.12. The SMILES string of the molecule is COC(=O)[C@@H]1C=C[C@@H]1C(=O)Cl. The number of halogens is 1. The van der Waals surface area contributed by atoms with Crippen molar-refractivity contribution in [2.24, 2.45) is 11.8 Å². The third-order valence-corrected chi connectivity index (χ3v) is 1.90. The number of carbonyl (C=O) groups is 2. The van der Waals surface area contributed by atoms with Gasteiger partial charge in [-0.05, 0) is 11.6 Å². The Hall–Kier alpha value is -0.830. The minimum Gasteiger partial charge on any atom is -0.469 e. The number of ether oxygens (including phenoxy) is 1. The van der Waals surface area contributed by atoms with Crippen molar-refractivity contribution >= 4 is 22.8 Å². The first-order valence-electron chi connectivity index (χ1n) is 3.12. The number of methoxy groups -OCH3 is 1. The van der Waals surface area contributed by atoms with Crippen LogP contribution >= 0.6 is 11.6 Å². The van der Waals surface area contributed by atoms with Crippen LogP contribution in [0.5, 0.6) is 0 Å². The van der Waals surface area contributed by atoms with Gasteiger partial charge >= 0.3 is 5.97 Å². The van der Waals surface area contributed by atoms with Gasteiger partial charge in [-0.1, -0.05) is 12.2 Å². The molecular formula is C7H7ClO3. The third kappa shape index (κ3) is 1.43. The van der Waals surface area contributed by atoms with Crippen LogP contribution in [0.15, 0.2) is 12.2 Å². The lowest BCUT2D eigenvalue weighted by atomic mass is 9.83. The van der Waals surface area contributed by atoms with E-state index in [2.05, 4.69) is 4.74 Å². The van der Waals surface area contributed by atoms with E-state index in [0.29, 0.717) is 0 Å². The highest BCUT2D eigenvalue weighted by molar-refractivity contribution is 6.64. The number of hydrogen-bond donors (Lipinski definition) is 0. The molecule has 0 aromatic rings. The molecule has 3 nitrogen and oxygen atoms in total. The molecule has 0 spiro atoms. The Morgan fingerprint density at radius 3 is 2.18 bits per heavy atom. The van der Waals surface area contributed by atoms with Crippen molar-refractivity contribution < 1.29 is 14.3 Å². The highest BCUT2D eigenvalue weighted by atomic mass is 35.5. The molecule has 0 heterocycles. The second kappa shape index (κ2) is 3.05. The maximum absolute atomic E-state index is 10.8. The maximum Gasteiger partial charge on any atom is 0.313 e. The molecule has 60 valence electrons. The standard InChI is InChI=1S/C7H7ClO3/c1-11-7(10)5-3-2-4(5)6(8)9/h2-5H,1H3/t4-,5+/m0/s1. The molecule has 0 aliphatic heterocycles. The van der Waals surface area contributed by atoms with Crippen LogP contribution in [0.1, 0.15) is 0 Å². The number of allylic oxidation sites excluding steroid dienone is 1. The van der Waals surface area contributed by atoms with E-state index < -0.39 is 23.0 Å². The zero-order valence-electron chi connectivity index (χ0n) is 5.91. The number of carbonyl (C=O) groups excluding carboxylic acids is 2. The first-order valence-corrected chi connectivity index (χ1v) is 3.50. The van der Waals surface area contributed by atoms with Crippen molar-refractivity contribution in [3.63, 3.8) is 0 Å². The molecule has 0 bridgehead atoms. The van der Waals surface area contributed by atoms with Gasteiger partial charge in [0.05, 0.1) is 18.9 Å². The summed E-state index contributed by atoms with van der Waals surface area (Å²) < 4.78 is 4.43. The molecule has 1 aliphatic carbocycles. The van der Waals surface area contributed by atoms with Gasteiger partial charge in [0.1, 0.15) is 0 Å². The molecule has 2 atom stereocenters. The van der Waals surface area contributed by atoms with E-state index in [1.54, 1.807) is 12.2 Å². The van der Waals surface area contributed by atoms with Gasteiger partial charge < -0.3 is 4.74 Å². The highest BCUT2D eigenvalue weighted by Gasteiger charge is 2.35. The zero-order valence-corrected chi connectivity index (χ0v) is 6.67. The lowest BCUT2D eigenvalue weighted by Crippen LogP contribution is -2.31.